The number of ether oxygens (including phenoxy) is 3. The third kappa shape index (κ3) is 4.37. The molecule has 1 aromatic heterocycles. The summed E-state index contributed by atoms with van der Waals surface area (Å²) in [5.74, 6) is 0.466. The fraction of sp³-hybridized carbons (Fsp3) is 0.0526. The Morgan fingerprint density at radius 1 is 1.04 bits per heavy atom. The number of nitro groups is 1. The highest BCUT2D eigenvalue weighted by molar-refractivity contribution is 5.91. The highest BCUT2D eigenvalue weighted by atomic mass is 16.6. The van der Waals surface area contributed by atoms with Crippen molar-refractivity contribution in [1.29, 1.82) is 0 Å². The SMILES string of the molecule is COc1ccc(OC(=O)c2ccc(Oc3cccnc3)cc2)c([N+](=O)[O-])c1. The van der Waals surface area contributed by atoms with Crippen LogP contribution in [0.1, 0.15) is 10.4 Å². The minimum Gasteiger partial charge on any atom is -0.496 e. The Morgan fingerprint density at radius 3 is 2.41 bits per heavy atom. The fourth-order valence-corrected chi connectivity index (χ4v) is 2.21. The first-order valence-corrected chi connectivity index (χ1v) is 7.79. The first-order chi connectivity index (χ1) is 13.1. The molecule has 0 aliphatic heterocycles. The molecule has 3 rings (SSSR count). The summed E-state index contributed by atoms with van der Waals surface area (Å²) < 4.78 is 15.7. The Bertz CT molecular complexity index is 958. The molecule has 8 heteroatoms. The monoisotopic (exact) mass is 366 g/mol. The number of nitrogens with zero attached hydrogens (tertiary/aromatic N) is 2. The van der Waals surface area contributed by atoms with Gasteiger partial charge >= 0.3 is 11.7 Å². The van der Waals surface area contributed by atoms with E-state index in [0.29, 0.717) is 17.2 Å². The van der Waals surface area contributed by atoms with Gasteiger partial charge in [0.15, 0.2) is 0 Å². The van der Waals surface area contributed by atoms with Gasteiger partial charge in [-0.25, -0.2) is 4.79 Å². The maximum atomic E-state index is 12.3. The van der Waals surface area contributed by atoms with Gasteiger partial charge in [-0.05, 0) is 48.5 Å². The molecular weight excluding hydrogens is 352 g/mol. The van der Waals surface area contributed by atoms with E-state index in [4.69, 9.17) is 14.2 Å². The largest absolute Gasteiger partial charge is 0.496 e. The fourth-order valence-electron chi connectivity index (χ4n) is 2.21. The number of hydrogen-bond donors (Lipinski definition) is 0. The van der Waals surface area contributed by atoms with E-state index in [1.165, 1.54) is 37.4 Å². The van der Waals surface area contributed by atoms with Crippen molar-refractivity contribution in [3.63, 3.8) is 0 Å². The predicted octanol–water partition coefficient (Wildman–Crippen LogP) is 4.01. The van der Waals surface area contributed by atoms with Crippen LogP contribution in [0.4, 0.5) is 5.69 Å². The van der Waals surface area contributed by atoms with Crippen molar-refractivity contribution >= 4 is 11.7 Å². The maximum Gasteiger partial charge on any atom is 0.343 e. The van der Waals surface area contributed by atoms with E-state index in [2.05, 4.69) is 4.98 Å². The standard InChI is InChI=1S/C19H14N2O6/c1-25-15-8-9-18(17(11-15)21(23)24)27-19(22)13-4-6-14(7-5-13)26-16-3-2-10-20-12-16/h2-12H,1H3. The summed E-state index contributed by atoms with van der Waals surface area (Å²) in [6.07, 6.45) is 3.19. The quantitative estimate of drug-likeness (QED) is 0.281. The van der Waals surface area contributed by atoms with Crippen LogP contribution in [-0.4, -0.2) is 23.0 Å². The Labute approximate surface area is 154 Å². The molecule has 8 nitrogen and oxygen atoms in total. The molecule has 0 amide bonds. The van der Waals surface area contributed by atoms with Crippen molar-refractivity contribution in [3.8, 4) is 23.0 Å². The van der Waals surface area contributed by atoms with E-state index in [1.54, 1.807) is 36.7 Å². The van der Waals surface area contributed by atoms with Gasteiger partial charge in [0.1, 0.15) is 17.2 Å². The van der Waals surface area contributed by atoms with Crippen LogP contribution in [0, 0.1) is 10.1 Å². The van der Waals surface area contributed by atoms with E-state index in [1.807, 2.05) is 0 Å². The van der Waals surface area contributed by atoms with E-state index in [0.717, 1.165) is 0 Å². The molecule has 136 valence electrons. The van der Waals surface area contributed by atoms with Gasteiger partial charge < -0.3 is 14.2 Å². The molecule has 0 saturated carbocycles. The molecule has 0 spiro atoms. The molecule has 0 aliphatic rings. The molecule has 0 bridgehead atoms. The molecule has 0 aliphatic carbocycles. The van der Waals surface area contributed by atoms with Gasteiger partial charge in [0.25, 0.3) is 0 Å². The van der Waals surface area contributed by atoms with Crippen molar-refractivity contribution in [3.05, 3.63) is 82.7 Å². The average Bonchev–Trinajstić information content (AvgIpc) is 2.69. The summed E-state index contributed by atoms with van der Waals surface area (Å²) in [6.45, 7) is 0. The number of esters is 1. The summed E-state index contributed by atoms with van der Waals surface area (Å²) >= 11 is 0. The van der Waals surface area contributed by atoms with E-state index < -0.39 is 10.9 Å². The van der Waals surface area contributed by atoms with Crippen LogP contribution in [-0.2, 0) is 0 Å². The molecule has 27 heavy (non-hydrogen) atoms. The third-order valence-corrected chi connectivity index (χ3v) is 3.53. The van der Waals surface area contributed by atoms with Crippen LogP contribution >= 0.6 is 0 Å². The second-order valence-corrected chi connectivity index (χ2v) is 5.30. The Hall–Kier alpha value is -3.94. The first-order valence-electron chi connectivity index (χ1n) is 7.79. The van der Waals surface area contributed by atoms with Crippen molar-refractivity contribution < 1.29 is 23.9 Å². The lowest BCUT2D eigenvalue weighted by molar-refractivity contribution is -0.385. The molecule has 1 heterocycles. The van der Waals surface area contributed by atoms with E-state index in [9.17, 15) is 14.9 Å². The molecule has 0 N–H and O–H groups in total. The lowest BCUT2D eigenvalue weighted by Gasteiger charge is -2.08. The minimum atomic E-state index is -0.726. The number of methoxy groups -OCH3 is 1. The molecule has 0 saturated heterocycles. The van der Waals surface area contributed by atoms with Gasteiger partial charge in [0.05, 0.1) is 29.9 Å². The zero-order valence-corrected chi connectivity index (χ0v) is 14.2. The topological polar surface area (TPSA) is 101 Å². The van der Waals surface area contributed by atoms with Gasteiger partial charge in [-0.2, -0.15) is 0 Å². The first kappa shape index (κ1) is 17.9. The van der Waals surface area contributed by atoms with Crippen molar-refractivity contribution in [2.24, 2.45) is 0 Å². The average molecular weight is 366 g/mol. The van der Waals surface area contributed by atoms with Crippen molar-refractivity contribution in [2.75, 3.05) is 7.11 Å². The summed E-state index contributed by atoms with van der Waals surface area (Å²) in [6, 6.07) is 13.6. The van der Waals surface area contributed by atoms with Crippen LogP contribution in [0.2, 0.25) is 0 Å². The normalized spacial score (nSPS) is 10.1. The number of carbonyl (C=O) groups excluding carboxylic acids is 1. The number of carbonyl (C=O) groups is 1. The summed E-state index contributed by atoms with van der Waals surface area (Å²) in [7, 11) is 1.39. The number of hydrogen-bond acceptors (Lipinski definition) is 7. The van der Waals surface area contributed by atoms with Crippen molar-refractivity contribution in [2.45, 2.75) is 0 Å². The Kier molecular flexibility index (Phi) is 5.27. The maximum absolute atomic E-state index is 12.3. The zero-order valence-electron chi connectivity index (χ0n) is 14.2. The van der Waals surface area contributed by atoms with Crippen LogP contribution in [0.5, 0.6) is 23.0 Å². The van der Waals surface area contributed by atoms with E-state index >= 15 is 0 Å². The molecule has 0 radical (unpaired) electrons. The van der Waals surface area contributed by atoms with Crippen LogP contribution in [0.15, 0.2) is 67.0 Å². The van der Waals surface area contributed by atoms with Gasteiger partial charge in [-0.1, -0.05) is 0 Å². The molecule has 2 aromatic carbocycles. The smallest absolute Gasteiger partial charge is 0.343 e. The summed E-state index contributed by atoms with van der Waals surface area (Å²) in [5.41, 5.74) is -0.141. The van der Waals surface area contributed by atoms with Gasteiger partial charge in [-0.15, -0.1) is 0 Å². The number of rotatable bonds is 6. The van der Waals surface area contributed by atoms with Gasteiger partial charge in [0.2, 0.25) is 5.75 Å². The minimum absolute atomic E-state index is 0.165. The lowest BCUT2D eigenvalue weighted by Crippen LogP contribution is -2.09. The Balaban J connectivity index is 1.74. The second kappa shape index (κ2) is 7.96. The molecular formula is C19H14N2O6. The molecule has 0 unspecified atom stereocenters. The Morgan fingerprint density at radius 2 is 1.78 bits per heavy atom. The van der Waals surface area contributed by atoms with Crippen molar-refractivity contribution in [1.82, 2.24) is 4.98 Å². The highest BCUT2D eigenvalue weighted by Crippen LogP contribution is 2.31. The van der Waals surface area contributed by atoms with E-state index in [-0.39, 0.29) is 17.0 Å². The van der Waals surface area contributed by atoms with Gasteiger partial charge in [-0.3, -0.25) is 15.1 Å². The number of nitro benzene ring substituents is 1. The predicted molar refractivity (Wildman–Crippen MR) is 95.4 cm³/mol. The van der Waals surface area contributed by atoms with Crippen LogP contribution in [0.25, 0.3) is 0 Å². The number of pyridine rings is 1. The molecule has 3 aromatic rings. The summed E-state index contributed by atoms with van der Waals surface area (Å²) in [5, 5.41) is 11.2. The lowest BCUT2D eigenvalue weighted by atomic mass is 10.2. The summed E-state index contributed by atoms with van der Waals surface area (Å²) in [4.78, 5) is 26.8. The number of aromatic nitrogens is 1. The molecule has 0 fully saturated rings. The van der Waals surface area contributed by atoms with Crippen LogP contribution < -0.4 is 14.2 Å². The van der Waals surface area contributed by atoms with Crippen LogP contribution in [0.3, 0.4) is 0 Å². The van der Waals surface area contributed by atoms with Gasteiger partial charge in [0, 0.05) is 6.20 Å². The zero-order chi connectivity index (χ0) is 19.2. The second-order valence-electron chi connectivity index (χ2n) is 5.30. The molecule has 0 atom stereocenters. The number of benzene rings is 2. The highest BCUT2D eigenvalue weighted by Gasteiger charge is 2.20. The third-order valence-electron chi connectivity index (χ3n) is 3.53.